The Hall–Kier alpha value is -1.22. The normalized spacial score (nSPS) is 19.2. The van der Waals surface area contributed by atoms with Crippen LogP contribution in [0.5, 0.6) is 0 Å². The molecular weight excluding hydrogens is 296 g/mol. The van der Waals surface area contributed by atoms with Crippen LogP contribution in [0.1, 0.15) is 30.7 Å². The lowest BCUT2D eigenvalue weighted by Crippen LogP contribution is -2.45. The van der Waals surface area contributed by atoms with E-state index in [1.54, 1.807) is 18.9 Å². The highest BCUT2D eigenvalue weighted by atomic mass is 32.1. The highest BCUT2D eigenvalue weighted by molar-refractivity contribution is 7.16. The number of rotatable bonds is 5. The number of likely N-dealkylation sites (N-methyl/N-ethyl adjacent to an activating group) is 1. The van der Waals surface area contributed by atoms with Gasteiger partial charge in [0.15, 0.2) is 5.00 Å². The van der Waals surface area contributed by atoms with Crippen molar-refractivity contribution in [2.24, 2.45) is 0 Å². The number of ether oxygens (including phenoxy) is 1. The van der Waals surface area contributed by atoms with E-state index in [4.69, 9.17) is 4.74 Å². The fraction of sp³-hybridized carbons (Fsp3) is 0.692. The standard InChI is InChI=1S/C13H20N2O5S/c1-9(16)11-7-10(15(18)19)12(21-11)14(2)8-13(17)3-5-20-6-4-13/h7,9,16-17H,3-6,8H2,1-2H3. The third kappa shape index (κ3) is 3.70. The summed E-state index contributed by atoms with van der Waals surface area (Å²) >= 11 is 1.18. The molecule has 0 saturated carbocycles. The minimum Gasteiger partial charge on any atom is -0.388 e. The number of nitrogens with zero attached hydrogens (tertiary/aromatic N) is 2. The van der Waals surface area contributed by atoms with Gasteiger partial charge in [0.05, 0.1) is 16.6 Å². The van der Waals surface area contributed by atoms with Gasteiger partial charge in [-0.2, -0.15) is 0 Å². The maximum absolute atomic E-state index is 11.2. The highest BCUT2D eigenvalue weighted by Gasteiger charge is 2.33. The largest absolute Gasteiger partial charge is 0.388 e. The molecule has 0 aliphatic carbocycles. The van der Waals surface area contributed by atoms with Crippen molar-refractivity contribution in [2.45, 2.75) is 31.5 Å². The molecule has 1 aliphatic heterocycles. The molecule has 0 amide bonds. The molecule has 2 N–H and O–H groups in total. The molecule has 8 heteroatoms. The molecule has 1 aromatic heterocycles. The van der Waals surface area contributed by atoms with Crippen molar-refractivity contribution in [3.05, 3.63) is 21.1 Å². The van der Waals surface area contributed by atoms with E-state index in [0.717, 1.165) is 0 Å². The second-order valence-corrected chi connectivity index (χ2v) is 6.53. The quantitative estimate of drug-likeness (QED) is 0.634. The number of aliphatic hydroxyl groups is 2. The molecule has 0 spiro atoms. The number of hydrogen-bond acceptors (Lipinski definition) is 7. The molecular formula is C13H20N2O5S. The van der Waals surface area contributed by atoms with Crippen LogP contribution < -0.4 is 4.90 Å². The summed E-state index contributed by atoms with van der Waals surface area (Å²) in [5, 5.41) is 31.7. The SMILES string of the molecule is CC(O)c1cc([N+](=O)[O-])c(N(C)CC2(O)CCOCC2)s1. The van der Waals surface area contributed by atoms with Crippen LogP contribution in [0.4, 0.5) is 10.7 Å². The summed E-state index contributed by atoms with van der Waals surface area (Å²) in [5.74, 6) is 0. The average molecular weight is 316 g/mol. The van der Waals surface area contributed by atoms with Crippen LogP contribution >= 0.6 is 11.3 Å². The van der Waals surface area contributed by atoms with Gasteiger partial charge in [-0.25, -0.2) is 0 Å². The van der Waals surface area contributed by atoms with Gasteiger partial charge in [0.25, 0.3) is 0 Å². The smallest absolute Gasteiger partial charge is 0.304 e. The van der Waals surface area contributed by atoms with Crippen LogP contribution in [-0.2, 0) is 4.74 Å². The van der Waals surface area contributed by atoms with E-state index in [1.165, 1.54) is 17.4 Å². The van der Waals surface area contributed by atoms with Crippen LogP contribution in [0.3, 0.4) is 0 Å². The predicted molar refractivity (Wildman–Crippen MR) is 79.9 cm³/mol. The molecule has 1 aliphatic rings. The Labute approximate surface area is 126 Å². The van der Waals surface area contributed by atoms with Gasteiger partial charge in [-0.3, -0.25) is 10.1 Å². The molecule has 1 atom stereocenters. The number of anilines is 1. The molecule has 0 radical (unpaired) electrons. The van der Waals surface area contributed by atoms with Gasteiger partial charge in [-0.05, 0) is 6.92 Å². The number of nitro groups is 1. The lowest BCUT2D eigenvalue weighted by Gasteiger charge is -2.35. The van der Waals surface area contributed by atoms with E-state index in [9.17, 15) is 20.3 Å². The van der Waals surface area contributed by atoms with Crippen molar-refractivity contribution < 1.29 is 19.9 Å². The molecule has 1 saturated heterocycles. The summed E-state index contributed by atoms with van der Waals surface area (Å²) in [6.45, 7) is 2.87. The van der Waals surface area contributed by atoms with Crippen molar-refractivity contribution in [3.8, 4) is 0 Å². The number of aliphatic hydroxyl groups excluding tert-OH is 1. The van der Waals surface area contributed by atoms with Gasteiger partial charge < -0.3 is 19.8 Å². The Morgan fingerprint density at radius 2 is 2.19 bits per heavy atom. The van der Waals surface area contributed by atoms with Crippen molar-refractivity contribution in [1.82, 2.24) is 0 Å². The topological polar surface area (TPSA) is 96.1 Å². The minimum absolute atomic E-state index is 0.0333. The molecule has 0 aromatic carbocycles. The first kappa shape index (κ1) is 16.2. The monoisotopic (exact) mass is 316 g/mol. The minimum atomic E-state index is -0.893. The zero-order chi connectivity index (χ0) is 15.6. The maximum Gasteiger partial charge on any atom is 0.304 e. The van der Waals surface area contributed by atoms with Crippen molar-refractivity contribution >= 4 is 22.0 Å². The Kier molecular flexibility index (Phi) is 4.82. The summed E-state index contributed by atoms with van der Waals surface area (Å²) in [4.78, 5) is 12.9. The van der Waals surface area contributed by atoms with Gasteiger partial charge in [-0.1, -0.05) is 0 Å². The predicted octanol–water partition coefficient (Wildman–Crippen LogP) is 1.69. The van der Waals surface area contributed by atoms with Gasteiger partial charge >= 0.3 is 5.69 Å². The molecule has 21 heavy (non-hydrogen) atoms. The first-order valence-electron chi connectivity index (χ1n) is 6.80. The Balaban J connectivity index is 2.21. The number of hydrogen-bond donors (Lipinski definition) is 2. The second kappa shape index (κ2) is 6.27. The molecule has 0 bridgehead atoms. The summed E-state index contributed by atoms with van der Waals surface area (Å²) in [7, 11) is 1.72. The second-order valence-electron chi connectivity index (χ2n) is 5.47. The van der Waals surface area contributed by atoms with Crippen LogP contribution in [0.15, 0.2) is 6.07 Å². The molecule has 1 aromatic rings. The Bertz CT molecular complexity index is 511. The van der Waals surface area contributed by atoms with Gasteiger partial charge in [0.1, 0.15) is 0 Å². The first-order chi connectivity index (χ1) is 9.82. The summed E-state index contributed by atoms with van der Waals surface area (Å²) < 4.78 is 5.23. The zero-order valence-electron chi connectivity index (χ0n) is 12.1. The summed E-state index contributed by atoms with van der Waals surface area (Å²) in [6, 6.07) is 1.40. The van der Waals surface area contributed by atoms with Crippen molar-refractivity contribution in [2.75, 3.05) is 31.7 Å². The van der Waals surface area contributed by atoms with Crippen LogP contribution in [0, 0.1) is 10.1 Å². The van der Waals surface area contributed by atoms with E-state index in [1.807, 2.05) is 0 Å². The van der Waals surface area contributed by atoms with E-state index in [0.29, 0.717) is 42.5 Å². The van der Waals surface area contributed by atoms with Crippen molar-refractivity contribution in [3.63, 3.8) is 0 Å². The zero-order valence-corrected chi connectivity index (χ0v) is 12.9. The molecule has 2 rings (SSSR count). The highest BCUT2D eigenvalue weighted by Crippen LogP contribution is 2.40. The van der Waals surface area contributed by atoms with Crippen molar-refractivity contribution in [1.29, 1.82) is 0 Å². The van der Waals surface area contributed by atoms with E-state index in [2.05, 4.69) is 0 Å². The van der Waals surface area contributed by atoms with Crippen LogP contribution in [0.2, 0.25) is 0 Å². The fourth-order valence-corrected chi connectivity index (χ4v) is 3.45. The van der Waals surface area contributed by atoms with Gasteiger partial charge in [0.2, 0.25) is 0 Å². The summed E-state index contributed by atoms with van der Waals surface area (Å²) in [5.41, 5.74) is -0.926. The Morgan fingerprint density at radius 3 is 2.71 bits per heavy atom. The van der Waals surface area contributed by atoms with Gasteiger partial charge in [-0.15, -0.1) is 11.3 Å². The maximum atomic E-state index is 11.2. The number of thiophene rings is 1. The summed E-state index contributed by atoms with van der Waals surface area (Å²) in [6.07, 6.45) is 0.279. The third-order valence-electron chi connectivity index (χ3n) is 3.62. The molecule has 1 unspecified atom stereocenters. The molecule has 2 heterocycles. The molecule has 118 valence electrons. The lowest BCUT2D eigenvalue weighted by atomic mass is 9.94. The van der Waals surface area contributed by atoms with E-state index in [-0.39, 0.29) is 5.69 Å². The Morgan fingerprint density at radius 1 is 1.57 bits per heavy atom. The lowest BCUT2D eigenvalue weighted by molar-refractivity contribution is -0.383. The van der Waals surface area contributed by atoms with Crippen LogP contribution in [0.25, 0.3) is 0 Å². The molecule has 7 nitrogen and oxygen atoms in total. The van der Waals surface area contributed by atoms with Gasteiger partial charge in [0, 0.05) is 50.6 Å². The average Bonchev–Trinajstić information content (AvgIpc) is 2.84. The third-order valence-corrected chi connectivity index (χ3v) is 5.03. The van der Waals surface area contributed by atoms with E-state index >= 15 is 0 Å². The fourth-order valence-electron chi connectivity index (χ4n) is 2.42. The first-order valence-corrected chi connectivity index (χ1v) is 7.61. The van der Waals surface area contributed by atoms with E-state index < -0.39 is 16.6 Å². The van der Waals surface area contributed by atoms with Crippen LogP contribution in [-0.4, -0.2) is 47.5 Å². The molecule has 1 fully saturated rings.